The Morgan fingerprint density at radius 1 is 1.08 bits per heavy atom. The summed E-state index contributed by atoms with van der Waals surface area (Å²) in [5.74, 6) is -0.705. The van der Waals surface area contributed by atoms with Crippen molar-refractivity contribution in [2.24, 2.45) is 0 Å². The standard InChI is InChI=1S/C28H27ClN4O4/c29-22-4-2-1-3-19(22)16-24(32-25(34)15-18-7-11-30-12-8-18)26(35)31-20-5-6-21-23(17-20)33-27(36)28(21)9-13-37-14-10-28/h1-8,11-12,17,24H,9-10,13-16H2,(H,31,35)(H,32,34)(H,33,36)/t24-/m1/s1. The third kappa shape index (κ3) is 5.35. The van der Waals surface area contributed by atoms with Crippen molar-refractivity contribution in [3.05, 3.63) is 88.7 Å². The number of aromatic nitrogens is 1. The second kappa shape index (κ2) is 10.7. The predicted octanol–water partition coefficient (Wildman–Crippen LogP) is 3.64. The first-order valence-corrected chi connectivity index (χ1v) is 12.6. The Labute approximate surface area is 219 Å². The molecule has 1 fully saturated rings. The minimum Gasteiger partial charge on any atom is -0.381 e. The number of halogens is 1. The average molecular weight is 519 g/mol. The summed E-state index contributed by atoms with van der Waals surface area (Å²) in [6.07, 6.45) is 4.83. The maximum Gasteiger partial charge on any atom is 0.247 e. The molecule has 3 heterocycles. The third-order valence-corrected chi connectivity index (χ3v) is 7.35. The van der Waals surface area contributed by atoms with E-state index in [1.54, 1.807) is 42.7 Å². The lowest BCUT2D eigenvalue weighted by Gasteiger charge is -2.31. The summed E-state index contributed by atoms with van der Waals surface area (Å²) >= 11 is 6.35. The number of carbonyl (C=O) groups excluding carboxylic acids is 3. The van der Waals surface area contributed by atoms with E-state index in [1.165, 1.54) is 0 Å². The third-order valence-electron chi connectivity index (χ3n) is 6.98. The molecule has 0 radical (unpaired) electrons. The Morgan fingerprint density at radius 3 is 2.59 bits per heavy atom. The average Bonchev–Trinajstić information content (AvgIpc) is 3.15. The molecular weight excluding hydrogens is 492 g/mol. The molecule has 5 rings (SSSR count). The van der Waals surface area contributed by atoms with Crippen molar-refractivity contribution in [2.75, 3.05) is 23.8 Å². The molecule has 3 N–H and O–H groups in total. The maximum atomic E-state index is 13.4. The lowest BCUT2D eigenvalue weighted by Crippen LogP contribution is -2.45. The van der Waals surface area contributed by atoms with Crippen LogP contribution in [0.5, 0.6) is 0 Å². The zero-order chi connectivity index (χ0) is 25.8. The van der Waals surface area contributed by atoms with Gasteiger partial charge in [0.05, 0.1) is 11.8 Å². The highest BCUT2D eigenvalue weighted by Gasteiger charge is 2.47. The summed E-state index contributed by atoms with van der Waals surface area (Å²) < 4.78 is 5.46. The summed E-state index contributed by atoms with van der Waals surface area (Å²) in [6, 6.07) is 15.3. The van der Waals surface area contributed by atoms with Crippen LogP contribution in [0.2, 0.25) is 5.02 Å². The van der Waals surface area contributed by atoms with Gasteiger partial charge < -0.3 is 20.7 Å². The number of hydrogen-bond acceptors (Lipinski definition) is 5. The quantitative estimate of drug-likeness (QED) is 0.442. The molecule has 3 amide bonds. The number of rotatable bonds is 7. The van der Waals surface area contributed by atoms with Crippen molar-refractivity contribution in [3.8, 4) is 0 Å². The van der Waals surface area contributed by atoms with Crippen LogP contribution < -0.4 is 16.0 Å². The largest absolute Gasteiger partial charge is 0.381 e. The van der Waals surface area contributed by atoms with E-state index < -0.39 is 11.5 Å². The smallest absolute Gasteiger partial charge is 0.247 e. The van der Waals surface area contributed by atoms with Gasteiger partial charge >= 0.3 is 0 Å². The molecule has 3 aromatic rings. The topological polar surface area (TPSA) is 109 Å². The number of nitrogens with zero attached hydrogens (tertiary/aromatic N) is 1. The monoisotopic (exact) mass is 518 g/mol. The summed E-state index contributed by atoms with van der Waals surface area (Å²) in [6.45, 7) is 1.07. The molecule has 9 heteroatoms. The van der Waals surface area contributed by atoms with Crippen LogP contribution in [-0.2, 0) is 37.4 Å². The van der Waals surface area contributed by atoms with Crippen molar-refractivity contribution in [2.45, 2.75) is 37.1 Å². The second-order valence-corrected chi connectivity index (χ2v) is 9.75. The van der Waals surface area contributed by atoms with Gasteiger partial charge in [0.1, 0.15) is 6.04 Å². The fraction of sp³-hybridized carbons (Fsp3) is 0.286. The highest BCUT2D eigenvalue weighted by Crippen LogP contribution is 2.45. The molecule has 0 aliphatic carbocycles. The van der Waals surface area contributed by atoms with E-state index >= 15 is 0 Å². The highest BCUT2D eigenvalue weighted by atomic mass is 35.5. The number of anilines is 2. The van der Waals surface area contributed by atoms with Crippen LogP contribution in [0.1, 0.15) is 29.5 Å². The molecule has 2 aliphatic rings. The minimum absolute atomic E-state index is 0.0331. The summed E-state index contributed by atoms with van der Waals surface area (Å²) in [4.78, 5) is 43.0. The molecule has 0 saturated carbocycles. The van der Waals surface area contributed by atoms with Gasteiger partial charge in [-0.15, -0.1) is 0 Å². The van der Waals surface area contributed by atoms with Gasteiger partial charge in [-0.05, 0) is 59.9 Å². The first-order valence-electron chi connectivity index (χ1n) is 12.2. The molecule has 1 saturated heterocycles. The van der Waals surface area contributed by atoms with Crippen LogP contribution in [-0.4, -0.2) is 42.0 Å². The molecule has 1 spiro atoms. The van der Waals surface area contributed by atoms with Crippen molar-refractivity contribution in [1.82, 2.24) is 10.3 Å². The molecule has 1 atom stereocenters. The van der Waals surface area contributed by atoms with Crippen LogP contribution in [0.3, 0.4) is 0 Å². The molecule has 0 bridgehead atoms. The maximum absolute atomic E-state index is 13.4. The van der Waals surface area contributed by atoms with Gasteiger partial charge in [-0.1, -0.05) is 35.9 Å². The van der Waals surface area contributed by atoms with Crippen LogP contribution >= 0.6 is 11.6 Å². The molecule has 2 aromatic carbocycles. The zero-order valence-electron chi connectivity index (χ0n) is 20.1. The van der Waals surface area contributed by atoms with Crippen molar-refractivity contribution >= 4 is 40.7 Å². The van der Waals surface area contributed by atoms with Crippen LogP contribution in [0.4, 0.5) is 11.4 Å². The summed E-state index contributed by atoms with van der Waals surface area (Å²) in [5, 5.41) is 9.25. The summed E-state index contributed by atoms with van der Waals surface area (Å²) in [7, 11) is 0. The number of carbonyl (C=O) groups is 3. The minimum atomic E-state index is -0.862. The number of benzene rings is 2. The van der Waals surface area contributed by atoms with E-state index in [1.807, 2.05) is 24.3 Å². The molecule has 2 aliphatic heterocycles. The molecule has 1 aromatic heterocycles. The van der Waals surface area contributed by atoms with Gasteiger partial charge in [-0.25, -0.2) is 0 Å². The number of ether oxygens (including phenoxy) is 1. The Bertz CT molecular complexity index is 1320. The van der Waals surface area contributed by atoms with Crippen LogP contribution in [0.15, 0.2) is 67.0 Å². The Kier molecular flexibility index (Phi) is 7.21. The number of fused-ring (bicyclic) bond motifs is 2. The van der Waals surface area contributed by atoms with E-state index in [0.717, 1.165) is 16.7 Å². The second-order valence-electron chi connectivity index (χ2n) is 9.35. The number of hydrogen-bond donors (Lipinski definition) is 3. The van der Waals surface area contributed by atoms with Gasteiger partial charge in [0.25, 0.3) is 0 Å². The van der Waals surface area contributed by atoms with Crippen molar-refractivity contribution < 1.29 is 19.1 Å². The zero-order valence-corrected chi connectivity index (χ0v) is 20.9. The summed E-state index contributed by atoms with van der Waals surface area (Å²) in [5.41, 5.74) is 3.10. The predicted molar refractivity (Wildman–Crippen MR) is 140 cm³/mol. The Hall–Kier alpha value is -3.75. The Morgan fingerprint density at radius 2 is 1.84 bits per heavy atom. The Balaban J connectivity index is 1.34. The van der Waals surface area contributed by atoms with E-state index in [4.69, 9.17) is 16.3 Å². The van der Waals surface area contributed by atoms with Crippen molar-refractivity contribution in [3.63, 3.8) is 0 Å². The van der Waals surface area contributed by atoms with E-state index in [9.17, 15) is 14.4 Å². The molecular formula is C28H27ClN4O4. The normalized spacial score (nSPS) is 16.5. The van der Waals surface area contributed by atoms with E-state index in [2.05, 4.69) is 20.9 Å². The van der Waals surface area contributed by atoms with E-state index in [0.29, 0.717) is 42.5 Å². The molecule has 37 heavy (non-hydrogen) atoms. The van der Waals surface area contributed by atoms with Crippen LogP contribution in [0.25, 0.3) is 0 Å². The van der Waals surface area contributed by atoms with Crippen molar-refractivity contribution in [1.29, 1.82) is 0 Å². The van der Waals surface area contributed by atoms with Gasteiger partial charge in [0.15, 0.2) is 0 Å². The van der Waals surface area contributed by atoms with Crippen LogP contribution in [0, 0.1) is 0 Å². The first-order chi connectivity index (χ1) is 17.9. The number of pyridine rings is 1. The van der Waals surface area contributed by atoms with E-state index in [-0.39, 0.29) is 30.6 Å². The fourth-order valence-corrected chi connectivity index (χ4v) is 5.19. The number of amides is 3. The van der Waals surface area contributed by atoms with Gasteiger partial charge in [-0.2, -0.15) is 0 Å². The molecule has 0 unspecified atom stereocenters. The fourth-order valence-electron chi connectivity index (χ4n) is 4.98. The highest BCUT2D eigenvalue weighted by molar-refractivity contribution is 6.31. The lowest BCUT2D eigenvalue weighted by atomic mass is 9.75. The molecule has 190 valence electrons. The lowest BCUT2D eigenvalue weighted by molar-refractivity contribution is -0.126. The molecule has 8 nitrogen and oxygen atoms in total. The SMILES string of the molecule is O=C(Cc1ccncc1)N[C@H](Cc1ccccc1Cl)C(=O)Nc1ccc2c(c1)NC(=O)C21CCOCC1. The van der Waals surface area contributed by atoms with Gasteiger partial charge in [-0.3, -0.25) is 19.4 Å². The van der Waals surface area contributed by atoms with Gasteiger partial charge in [0.2, 0.25) is 17.7 Å². The number of nitrogens with one attached hydrogen (secondary N) is 3. The first kappa shape index (κ1) is 24.9. The van der Waals surface area contributed by atoms with Gasteiger partial charge in [0, 0.05) is 48.4 Å².